The van der Waals surface area contributed by atoms with Gasteiger partial charge in [-0.25, -0.2) is 0 Å². The maximum absolute atomic E-state index is 10.5. The molecular formula is C9H12BrN3O. The van der Waals surface area contributed by atoms with Gasteiger partial charge in [0.15, 0.2) is 0 Å². The van der Waals surface area contributed by atoms with Crippen molar-refractivity contribution in [3.05, 3.63) is 16.9 Å². The molecule has 1 aliphatic rings. The van der Waals surface area contributed by atoms with E-state index in [0.717, 1.165) is 23.8 Å². The third kappa shape index (κ3) is 1.74. The van der Waals surface area contributed by atoms with Crippen molar-refractivity contribution >= 4 is 22.2 Å². The fraction of sp³-hybridized carbons (Fsp3) is 0.556. The van der Waals surface area contributed by atoms with Crippen molar-refractivity contribution in [2.24, 2.45) is 0 Å². The van der Waals surface area contributed by atoms with Crippen molar-refractivity contribution in [3.8, 4) is 0 Å². The van der Waals surface area contributed by atoms with Crippen LogP contribution in [0.25, 0.3) is 0 Å². The van der Waals surface area contributed by atoms with E-state index in [4.69, 9.17) is 0 Å². The third-order valence-corrected chi connectivity index (χ3v) is 3.02. The Balaban J connectivity index is 1.91. The van der Waals surface area contributed by atoms with Gasteiger partial charge in [-0.1, -0.05) is 0 Å². The number of hydrogen-bond donors (Lipinski definition) is 0. The Kier molecular flexibility index (Phi) is 2.69. The van der Waals surface area contributed by atoms with Gasteiger partial charge in [0.05, 0.1) is 22.8 Å². The minimum Gasteiger partial charge on any atom is -0.302 e. The van der Waals surface area contributed by atoms with Crippen molar-refractivity contribution < 1.29 is 4.79 Å². The van der Waals surface area contributed by atoms with Crippen LogP contribution in [0.4, 0.5) is 0 Å². The van der Waals surface area contributed by atoms with Crippen LogP contribution in [0.2, 0.25) is 0 Å². The number of carbonyl (C=O) groups is 1. The second-order valence-corrected chi connectivity index (χ2v) is 4.54. The molecule has 14 heavy (non-hydrogen) atoms. The van der Waals surface area contributed by atoms with Gasteiger partial charge < -0.3 is 4.79 Å². The summed E-state index contributed by atoms with van der Waals surface area (Å²) in [6.45, 7) is 3.74. The third-order valence-electron chi connectivity index (χ3n) is 2.61. The molecule has 1 saturated heterocycles. The van der Waals surface area contributed by atoms with Crippen LogP contribution >= 0.6 is 15.9 Å². The molecule has 0 spiro atoms. The number of nitrogens with zero attached hydrogens (tertiary/aromatic N) is 3. The average molecular weight is 258 g/mol. The standard InChI is InChI=1S/C9H12BrN3O/c1-7(6-14)12-4-9(5-12)13-3-8(10)2-11-13/h2-3,6-7,9H,4-5H2,1H3. The molecule has 0 aromatic carbocycles. The Bertz CT molecular complexity index is 333. The highest BCUT2D eigenvalue weighted by atomic mass is 79.9. The van der Waals surface area contributed by atoms with Gasteiger partial charge in [0, 0.05) is 19.3 Å². The SMILES string of the molecule is CC(C=O)N1CC(n2cc(Br)cn2)C1. The average Bonchev–Trinajstić information content (AvgIpc) is 2.49. The van der Waals surface area contributed by atoms with E-state index < -0.39 is 0 Å². The van der Waals surface area contributed by atoms with E-state index in [1.165, 1.54) is 0 Å². The van der Waals surface area contributed by atoms with E-state index in [1.807, 2.05) is 17.8 Å². The van der Waals surface area contributed by atoms with Crippen molar-refractivity contribution in [1.82, 2.24) is 14.7 Å². The lowest BCUT2D eigenvalue weighted by Crippen LogP contribution is -2.52. The molecule has 2 heterocycles. The number of likely N-dealkylation sites (tertiary alicyclic amines) is 1. The lowest BCUT2D eigenvalue weighted by atomic mass is 10.1. The Morgan fingerprint density at radius 2 is 2.43 bits per heavy atom. The highest BCUT2D eigenvalue weighted by molar-refractivity contribution is 9.10. The Morgan fingerprint density at radius 1 is 1.71 bits per heavy atom. The predicted molar refractivity (Wildman–Crippen MR) is 56.1 cm³/mol. The molecule has 0 aliphatic carbocycles. The van der Waals surface area contributed by atoms with Crippen LogP contribution in [-0.2, 0) is 4.79 Å². The summed E-state index contributed by atoms with van der Waals surface area (Å²) in [6.07, 6.45) is 4.73. The lowest BCUT2D eigenvalue weighted by molar-refractivity contribution is -0.114. The summed E-state index contributed by atoms with van der Waals surface area (Å²) < 4.78 is 2.94. The molecule has 5 heteroatoms. The van der Waals surface area contributed by atoms with E-state index in [9.17, 15) is 4.79 Å². The Labute approximate surface area is 91.0 Å². The Hall–Kier alpha value is -0.680. The summed E-state index contributed by atoms with van der Waals surface area (Å²) in [4.78, 5) is 12.6. The maximum Gasteiger partial charge on any atom is 0.136 e. The summed E-state index contributed by atoms with van der Waals surface area (Å²) in [5.74, 6) is 0. The zero-order chi connectivity index (χ0) is 10.1. The zero-order valence-corrected chi connectivity index (χ0v) is 9.51. The summed E-state index contributed by atoms with van der Waals surface area (Å²) >= 11 is 3.36. The zero-order valence-electron chi connectivity index (χ0n) is 7.93. The summed E-state index contributed by atoms with van der Waals surface area (Å²) in [6, 6.07) is 0.453. The normalized spacial score (nSPS) is 20.4. The first kappa shape index (κ1) is 9.86. The quantitative estimate of drug-likeness (QED) is 0.762. The van der Waals surface area contributed by atoms with E-state index in [-0.39, 0.29) is 6.04 Å². The first-order valence-corrected chi connectivity index (χ1v) is 5.39. The van der Waals surface area contributed by atoms with Crippen LogP contribution in [0.15, 0.2) is 16.9 Å². The minimum atomic E-state index is 0.0326. The Morgan fingerprint density at radius 3 is 2.93 bits per heavy atom. The van der Waals surface area contributed by atoms with Gasteiger partial charge in [0.2, 0.25) is 0 Å². The van der Waals surface area contributed by atoms with Crippen LogP contribution in [0.5, 0.6) is 0 Å². The van der Waals surface area contributed by atoms with Crippen LogP contribution < -0.4 is 0 Å². The fourth-order valence-corrected chi connectivity index (χ4v) is 1.89. The van der Waals surface area contributed by atoms with E-state index >= 15 is 0 Å². The number of halogens is 1. The van der Waals surface area contributed by atoms with Crippen molar-refractivity contribution in [2.45, 2.75) is 19.0 Å². The summed E-state index contributed by atoms with van der Waals surface area (Å²) in [5.41, 5.74) is 0. The van der Waals surface area contributed by atoms with E-state index in [2.05, 4.69) is 25.9 Å². The molecule has 4 nitrogen and oxygen atoms in total. The van der Waals surface area contributed by atoms with Crippen molar-refractivity contribution in [3.63, 3.8) is 0 Å². The van der Waals surface area contributed by atoms with E-state index in [0.29, 0.717) is 6.04 Å². The first-order chi connectivity index (χ1) is 6.70. The molecule has 1 aromatic heterocycles. The molecule has 1 unspecified atom stereocenters. The molecule has 0 bridgehead atoms. The van der Waals surface area contributed by atoms with Crippen molar-refractivity contribution in [1.29, 1.82) is 0 Å². The van der Waals surface area contributed by atoms with Crippen LogP contribution in [0.3, 0.4) is 0 Å². The first-order valence-electron chi connectivity index (χ1n) is 4.59. The van der Waals surface area contributed by atoms with E-state index in [1.54, 1.807) is 6.20 Å². The van der Waals surface area contributed by atoms with Gasteiger partial charge in [-0.2, -0.15) is 5.10 Å². The number of rotatable bonds is 3. The molecule has 0 radical (unpaired) electrons. The number of aromatic nitrogens is 2. The molecule has 1 atom stereocenters. The minimum absolute atomic E-state index is 0.0326. The monoisotopic (exact) mass is 257 g/mol. The maximum atomic E-state index is 10.5. The molecule has 1 aliphatic heterocycles. The second-order valence-electron chi connectivity index (χ2n) is 3.62. The molecule has 2 rings (SSSR count). The molecule has 1 fully saturated rings. The summed E-state index contributed by atoms with van der Waals surface area (Å²) in [5, 5.41) is 4.21. The van der Waals surface area contributed by atoms with Crippen LogP contribution in [0.1, 0.15) is 13.0 Å². The van der Waals surface area contributed by atoms with Gasteiger partial charge >= 0.3 is 0 Å². The topological polar surface area (TPSA) is 38.1 Å². The largest absolute Gasteiger partial charge is 0.302 e. The molecule has 0 amide bonds. The van der Waals surface area contributed by atoms with Crippen LogP contribution in [0, 0.1) is 0 Å². The number of hydrogen-bond acceptors (Lipinski definition) is 3. The highest BCUT2D eigenvalue weighted by Crippen LogP contribution is 2.23. The summed E-state index contributed by atoms with van der Waals surface area (Å²) in [7, 11) is 0. The number of carbonyl (C=O) groups excluding carboxylic acids is 1. The predicted octanol–water partition coefficient (Wildman–Crippen LogP) is 1.09. The highest BCUT2D eigenvalue weighted by Gasteiger charge is 2.31. The van der Waals surface area contributed by atoms with Gasteiger partial charge in [-0.05, 0) is 22.9 Å². The lowest BCUT2D eigenvalue weighted by Gasteiger charge is -2.41. The van der Waals surface area contributed by atoms with Crippen LogP contribution in [-0.4, -0.2) is 40.1 Å². The van der Waals surface area contributed by atoms with Gasteiger partial charge in [-0.3, -0.25) is 9.58 Å². The van der Waals surface area contributed by atoms with Crippen molar-refractivity contribution in [2.75, 3.05) is 13.1 Å². The molecule has 0 N–H and O–H groups in total. The molecule has 76 valence electrons. The number of aldehydes is 1. The smallest absolute Gasteiger partial charge is 0.136 e. The molecular weight excluding hydrogens is 246 g/mol. The van der Waals surface area contributed by atoms with Gasteiger partial charge in [0.1, 0.15) is 6.29 Å². The molecule has 1 aromatic rings. The second kappa shape index (κ2) is 3.82. The fourth-order valence-electron chi connectivity index (χ4n) is 1.59. The van der Waals surface area contributed by atoms with Gasteiger partial charge in [0.25, 0.3) is 0 Å². The van der Waals surface area contributed by atoms with Gasteiger partial charge in [-0.15, -0.1) is 0 Å². The molecule has 0 saturated carbocycles.